The van der Waals surface area contributed by atoms with Crippen molar-refractivity contribution in [2.75, 3.05) is 59.7 Å². The maximum absolute atomic E-state index is 14.8. The number of fused-ring (bicyclic) bond motifs is 1. The minimum atomic E-state index is -0.256. The molecule has 1 N–H and O–H groups in total. The van der Waals surface area contributed by atoms with Crippen LogP contribution in [0.15, 0.2) is 0 Å². The number of amides is 2. The Balaban J connectivity index is 1.60. The molecule has 1 aromatic heterocycles. The van der Waals surface area contributed by atoms with Crippen molar-refractivity contribution in [1.82, 2.24) is 24.7 Å². The molecule has 2 atom stereocenters. The Bertz CT molecular complexity index is 1070. The van der Waals surface area contributed by atoms with E-state index in [1.807, 2.05) is 20.4 Å². The van der Waals surface area contributed by atoms with Gasteiger partial charge in [0.1, 0.15) is 11.2 Å². The number of hydrogen-bond acceptors (Lipinski definition) is 6. The average molecular weight is 520 g/mol. The smallest absolute Gasteiger partial charge is 0.290 e. The summed E-state index contributed by atoms with van der Waals surface area (Å²) in [6, 6.07) is -0.146. The van der Waals surface area contributed by atoms with Gasteiger partial charge in [-0.1, -0.05) is 19.9 Å². The molecule has 10 heteroatoms. The molecule has 1 aliphatic carbocycles. The van der Waals surface area contributed by atoms with E-state index in [1.165, 1.54) is 0 Å². The predicted octanol–water partition coefficient (Wildman–Crippen LogP) is 0.897. The number of nitrogens with zero attached hydrogens (tertiary/aromatic N) is 4. The first-order chi connectivity index (χ1) is 17.9. The third kappa shape index (κ3) is 6.59. The molecule has 2 fully saturated rings. The molecule has 2 unspecified atom stereocenters. The van der Waals surface area contributed by atoms with Gasteiger partial charge in [-0.3, -0.25) is 9.59 Å². The van der Waals surface area contributed by atoms with Crippen molar-refractivity contribution in [3.8, 4) is 0 Å². The number of imidazole rings is 1. The Morgan fingerprint density at radius 2 is 2.05 bits per heavy atom. The van der Waals surface area contributed by atoms with E-state index in [2.05, 4.69) is 24.1 Å². The fourth-order valence-corrected chi connectivity index (χ4v) is 5.54. The number of hydrogen-bond donors (Lipinski definition) is 1. The number of carbonyl (C=O) groups is 2. The number of morpholine rings is 1. The van der Waals surface area contributed by atoms with Crippen molar-refractivity contribution in [3.63, 3.8) is 0 Å². The van der Waals surface area contributed by atoms with Gasteiger partial charge in [0.25, 0.3) is 5.91 Å². The summed E-state index contributed by atoms with van der Waals surface area (Å²) in [6.45, 7) is 9.49. The minimum absolute atomic E-state index is 0.124. The maximum atomic E-state index is 14.8. The average Bonchev–Trinajstić information content (AvgIpc) is 3.29. The lowest BCUT2D eigenvalue weighted by atomic mass is 9.92. The number of ether oxygens (including phenoxy) is 2. The number of carbonyl (C=O) groups excluding carboxylic acids is 2. The molecule has 4 rings (SSSR count). The third-order valence-corrected chi connectivity index (χ3v) is 7.40. The van der Waals surface area contributed by atoms with Gasteiger partial charge in [0.15, 0.2) is 5.82 Å². The Kier molecular flexibility index (Phi) is 9.72. The Hall–Kier alpha value is -2.30. The quantitative estimate of drug-likeness (QED) is 0.462. The summed E-state index contributed by atoms with van der Waals surface area (Å²) in [6.07, 6.45) is 5.15. The first kappa shape index (κ1) is 27.7. The topological polar surface area (TPSA) is 88.9 Å². The van der Waals surface area contributed by atoms with Gasteiger partial charge in [0.05, 0.1) is 24.5 Å². The molecule has 0 aromatic carbocycles. The summed E-state index contributed by atoms with van der Waals surface area (Å²) < 4.78 is 27.3. The summed E-state index contributed by atoms with van der Waals surface area (Å²) in [7, 11) is 1.67. The molecule has 0 saturated carbocycles. The molecule has 206 valence electrons. The molecular weight excluding hydrogens is 477 g/mol. The molecule has 0 bridgehead atoms. The fraction of sp³-hybridized carbons (Fsp3) is 0.741. The Morgan fingerprint density at radius 1 is 1.27 bits per heavy atom. The number of nitrogens with one attached hydrogen (secondary N) is 1. The van der Waals surface area contributed by atoms with E-state index in [0.717, 1.165) is 12.8 Å². The number of unbranched alkanes of at least 4 members (excludes halogenated alkanes) is 1. The van der Waals surface area contributed by atoms with Gasteiger partial charge in [0.2, 0.25) is 5.91 Å². The second-order valence-corrected chi connectivity index (χ2v) is 10.7. The van der Waals surface area contributed by atoms with Crippen LogP contribution in [-0.4, -0.2) is 96.9 Å². The van der Waals surface area contributed by atoms with Crippen LogP contribution in [0.25, 0.3) is 11.9 Å². The van der Waals surface area contributed by atoms with Crippen molar-refractivity contribution in [1.29, 1.82) is 0 Å². The molecule has 2 amide bonds. The van der Waals surface area contributed by atoms with Crippen LogP contribution in [0.5, 0.6) is 0 Å². The zero-order chi connectivity index (χ0) is 26.4. The van der Waals surface area contributed by atoms with Crippen molar-refractivity contribution >= 4 is 23.7 Å². The minimum Gasteiger partial charge on any atom is -0.385 e. The van der Waals surface area contributed by atoms with Crippen LogP contribution in [0.1, 0.15) is 56.6 Å². The van der Waals surface area contributed by atoms with Crippen molar-refractivity contribution in [3.05, 3.63) is 16.5 Å². The molecule has 37 heavy (non-hydrogen) atoms. The van der Waals surface area contributed by atoms with Crippen LogP contribution in [0.4, 0.5) is 4.39 Å². The highest BCUT2D eigenvalue weighted by Crippen LogP contribution is 2.22. The van der Waals surface area contributed by atoms with E-state index in [-0.39, 0.29) is 41.3 Å². The molecule has 2 saturated heterocycles. The van der Waals surface area contributed by atoms with Gasteiger partial charge >= 0.3 is 0 Å². The van der Waals surface area contributed by atoms with Gasteiger partial charge in [-0.2, -0.15) is 0 Å². The van der Waals surface area contributed by atoms with Crippen molar-refractivity contribution < 1.29 is 23.5 Å². The normalized spacial score (nSPS) is 22.1. The van der Waals surface area contributed by atoms with Crippen LogP contribution >= 0.6 is 0 Å². The summed E-state index contributed by atoms with van der Waals surface area (Å²) >= 11 is 0. The zero-order valence-electron chi connectivity index (χ0n) is 22.5. The van der Waals surface area contributed by atoms with Gasteiger partial charge in [-0.15, -0.1) is 0 Å². The van der Waals surface area contributed by atoms with Gasteiger partial charge in [-0.25, -0.2) is 9.37 Å². The van der Waals surface area contributed by atoms with Crippen LogP contribution in [0.3, 0.4) is 0 Å². The van der Waals surface area contributed by atoms with Crippen molar-refractivity contribution in [2.24, 2.45) is 11.8 Å². The van der Waals surface area contributed by atoms with Crippen LogP contribution in [0, 0.1) is 11.8 Å². The lowest BCUT2D eigenvalue weighted by molar-refractivity contribution is -0.140. The van der Waals surface area contributed by atoms with E-state index in [9.17, 15) is 14.0 Å². The Labute approximate surface area is 218 Å². The molecular formula is C27H42FN5O4. The van der Waals surface area contributed by atoms with E-state index in [4.69, 9.17) is 9.47 Å². The second kappa shape index (κ2) is 13.0. The highest BCUT2D eigenvalue weighted by atomic mass is 19.1. The first-order valence-electron chi connectivity index (χ1n) is 13.7. The summed E-state index contributed by atoms with van der Waals surface area (Å²) in [5, 5.41) is 4.40. The molecule has 0 radical (unpaired) electrons. The largest absolute Gasteiger partial charge is 0.385 e. The summed E-state index contributed by atoms with van der Waals surface area (Å²) in [5.41, 5.74) is 0. The van der Waals surface area contributed by atoms with Crippen LogP contribution in [-0.2, 0) is 20.8 Å². The van der Waals surface area contributed by atoms with Gasteiger partial charge < -0.3 is 29.2 Å². The van der Waals surface area contributed by atoms with E-state index >= 15 is 0 Å². The van der Waals surface area contributed by atoms with Crippen LogP contribution in [0.2, 0.25) is 0 Å². The molecule has 2 aliphatic heterocycles. The molecule has 9 nitrogen and oxygen atoms in total. The van der Waals surface area contributed by atoms with E-state index in [1.54, 1.807) is 7.11 Å². The van der Waals surface area contributed by atoms with Crippen LogP contribution < -0.4 is 16.0 Å². The number of piperidine rings is 1. The highest BCUT2D eigenvalue weighted by Gasteiger charge is 2.36. The Morgan fingerprint density at radius 3 is 2.78 bits per heavy atom. The monoisotopic (exact) mass is 519 g/mol. The standard InChI is InChI=1S/C27H42FN5O4/c1-19(2)18-33(21-15-20(16-29-17-21)26(34)31-10-13-37-14-11-31)27(35)25-30-24-22(28)7-6-8-23(24)32(25)9-4-5-12-36-3/h8,19-21,29H,4-7,9-18H2,1-3H3. The number of halogens is 1. The molecule has 0 spiro atoms. The SMILES string of the molecule is COCCCCn1c(C(=O)N(CC(C)C)C2CNCC(C(=O)N3CCOCC3)C2)nc2c1=CCCC=2F. The van der Waals surface area contributed by atoms with E-state index < -0.39 is 0 Å². The molecule has 3 aliphatic rings. The summed E-state index contributed by atoms with van der Waals surface area (Å²) in [4.78, 5) is 35.7. The molecule has 1 aromatic rings. The second-order valence-electron chi connectivity index (χ2n) is 10.7. The zero-order valence-corrected chi connectivity index (χ0v) is 22.5. The van der Waals surface area contributed by atoms with Gasteiger partial charge in [0, 0.05) is 65.4 Å². The lowest BCUT2D eigenvalue weighted by Gasteiger charge is -2.40. The lowest BCUT2D eigenvalue weighted by Crippen LogP contribution is -2.56. The number of rotatable bonds is 10. The summed E-state index contributed by atoms with van der Waals surface area (Å²) in [5.74, 6) is 0.00142. The number of aromatic nitrogens is 2. The first-order valence-corrected chi connectivity index (χ1v) is 13.7. The fourth-order valence-electron chi connectivity index (χ4n) is 5.54. The highest BCUT2D eigenvalue weighted by molar-refractivity contribution is 5.91. The maximum Gasteiger partial charge on any atom is 0.290 e. The van der Waals surface area contributed by atoms with Crippen molar-refractivity contribution in [2.45, 2.75) is 58.5 Å². The van der Waals surface area contributed by atoms with Gasteiger partial charge in [-0.05, 0) is 31.6 Å². The van der Waals surface area contributed by atoms with E-state index in [0.29, 0.717) is 89.0 Å². The third-order valence-electron chi connectivity index (χ3n) is 7.40. The predicted molar refractivity (Wildman–Crippen MR) is 139 cm³/mol. The number of methoxy groups -OCH3 is 1. The molecule has 3 heterocycles.